The van der Waals surface area contributed by atoms with Gasteiger partial charge in [0, 0.05) is 19.8 Å². The third kappa shape index (κ3) is 3.17. The number of ether oxygens (including phenoxy) is 1. The maximum Gasteiger partial charge on any atom is 0.321 e. The fourth-order valence-electron chi connectivity index (χ4n) is 1.84. The van der Waals surface area contributed by atoms with Crippen molar-refractivity contribution in [3.63, 3.8) is 0 Å². The summed E-state index contributed by atoms with van der Waals surface area (Å²) in [5.74, 6) is 0.682. The second-order valence-electron chi connectivity index (χ2n) is 4.90. The van der Waals surface area contributed by atoms with Crippen LogP contribution < -0.4 is 10.1 Å². The van der Waals surface area contributed by atoms with Crippen molar-refractivity contribution in [2.45, 2.75) is 0 Å². The van der Waals surface area contributed by atoms with Gasteiger partial charge in [0.25, 0.3) is 5.19 Å². The van der Waals surface area contributed by atoms with E-state index in [4.69, 9.17) is 4.74 Å². The fraction of sp³-hybridized carbons (Fsp3) is 0.125. The molecule has 6 heteroatoms. The molecular weight excluding hydrogens is 298 g/mol. The number of hydrogen-bond donors (Lipinski definition) is 1. The van der Waals surface area contributed by atoms with E-state index >= 15 is 0 Å². The zero-order chi connectivity index (χ0) is 15.5. The number of fused-ring (bicyclic) bond motifs is 1. The molecule has 0 aliphatic rings. The van der Waals surface area contributed by atoms with Crippen LogP contribution in [-0.4, -0.2) is 30.0 Å². The average Bonchev–Trinajstić information content (AvgIpc) is 2.91. The molecule has 0 unspecified atom stereocenters. The first-order valence-corrected chi connectivity index (χ1v) is 7.55. The summed E-state index contributed by atoms with van der Waals surface area (Å²) in [6, 6.07) is 14.9. The van der Waals surface area contributed by atoms with Crippen LogP contribution >= 0.6 is 11.3 Å². The summed E-state index contributed by atoms with van der Waals surface area (Å²) in [7, 11) is 3.39. The van der Waals surface area contributed by atoms with Gasteiger partial charge in [0.15, 0.2) is 0 Å². The van der Waals surface area contributed by atoms with Gasteiger partial charge in [0.05, 0.1) is 10.2 Å². The number of carbonyl (C=O) groups is 1. The van der Waals surface area contributed by atoms with E-state index in [1.165, 1.54) is 16.2 Å². The number of nitrogens with zero attached hydrogens (tertiary/aromatic N) is 2. The van der Waals surface area contributed by atoms with Crippen molar-refractivity contribution in [3.8, 4) is 10.9 Å². The molecule has 1 heterocycles. The Labute approximate surface area is 132 Å². The molecule has 0 aliphatic carbocycles. The van der Waals surface area contributed by atoms with E-state index in [0.29, 0.717) is 10.9 Å². The van der Waals surface area contributed by atoms with Gasteiger partial charge >= 0.3 is 6.03 Å². The summed E-state index contributed by atoms with van der Waals surface area (Å²) in [6.07, 6.45) is 0. The number of anilines is 1. The van der Waals surface area contributed by atoms with Crippen molar-refractivity contribution in [2.24, 2.45) is 0 Å². The third-order valence-electron chi connectivity index (χ3n) is 2.99. The summed E-state index contributed by atoms with van der Waals surface area (Å²) < 4.78 is 6.85. The highest BCUT2D eigenvalue weighted by Gasteiger charge is 2.07. The number of urea groups is 1. The molecule has 2 aromatic carbocycles. The zero-order valence-corrected chi connectivity index (χ0v) is 13.1. The van der Waals surface area contributed by atoms with Crippen molar-refractivity contribution in [2.75, 3.05) is 19.4 Å². The molecule has 22 heavy (non-hydrogen) atoms. The number of aromatic nitrogens is 1. The number of para-hydroxylation sites is 1. The molecule has 2 amide bonds. The smallest absolute Gasteiger partial charge is 0.321 e. The second kappa shape index (κ2) is 6.03. The molecular formula is C16H15N3O2S. The number of carbonyl (C=O) groups excluding carboxylic acids is 1. The quantitative estimate of drug-likeness (QED) is 0.789. The van der Waals surface area contributed by atoms with Crippen LogP contribution in [0, 0.1) is 0 Å². The number of nitrogens with one attached hydrogen (secondary N) is 1. The highest BCUT2D eigenvalue weighted by atomic mass is 32.1. The minimum absolute atomic E-state index is 0.167. The number of amides is 2. The van der Waals surface area contributed by atoms with Crippen molar-refractivity contribution >= 4 is 33.3 Å². The first kappa shape index (κ1) is 14.3. The number of hydrogen-bond acceptors (Lipinski definition) is 4. The molecule has 0 bridgehead atoms. The molecule has 0 radical (unpaired) electrons. The SMILES string of the molecule is CN(C)C(=O)Nc1ccc(Oc2nc3ccccc3s2)cc1. The van der Waals surface area contributed by atoms with Gasteiger partial charge < -0.3 is 15.0 Å². The molecule has 0 fully saturated rings. The molecule has 0 atom stereocenters. The lowest BCUT2D eigenvalue weighted by molar-refractivity contribution is 0.230. The van der Waals surface area contributed by atoms with Crippen LogP contribution in [0.1, 0.15) is 0 Å². The summed E-state index contributed by atoms with van der Waals surface area (Å²) in [5.41, 5.74) is 1.65. The van der Waals surface area contributed by atoms with Crippen LogP contribution in [0.4, 0.5) is 10.5 Å². The lowest BCUT2D eigenvalue weighted by Crippen LogP contribution is -2.27. The Morgan fingerprint density at radius 3 is 2.55 bits per heavy atom. The highest BCUT2D eigenvalue weighted by molar-refractivity contribution is 7.20. The van der Waals surface area contributed by atoms with Crippen LogP contribution in [-0.2, 0) is 0 Å². The van der Waals surface area contributed by atoms with Crippen molar-refractivity contribution in [1.29, 1.82) is 0 Å². The number of thiazole rings is 1. The van der Waals surface area contributed by atoms with Crippen molar-refractivity contribution in [3.05, 3.63) is 48.5 Å². The summed E-state index contributed by atoms with van der Waals surface area (Å²) in [6.45, 7) is 0. The maximum absolute atomic E-state index is 11.6. The average molecular weight is 313 g/mol. The van der Waals surface area contributed by atoms with Crippen LogP contribution in [0.3, 0.4) is 0 Å². The first-order chi connectivity index (χ1) is 10.6. The molecule has 0 aliphatic heterocycles. The van der Waals surface area contributed by atoms with Crippen molar-refractivity contribution in [1.82, 2.24) is 9.88 Å². The maximum atomic E-state index is 11.6. The molecule has 0 saturated carbocycles. The molecule has 1 N–H and O–H groups in total. The Kier molecular flexibility index (Phi) is 3.93. The Bertz CT molecular complexity index is 764. The first-order valence-electron chi connectivity index (χ1n) is 6.73. The molecule has 0 spiro atoms. The van der Waals surface area contributed by atoms with E-state index in [0.717, 1.165) is 15.9 Å². The lowest BCUT2D eigenvalue weighted by atomic mass is 10.3. The minimum atomic E-state index is -0.167. The molecule has 3 aromatic rings. The van der Waals surface area contributed by atoms with E-state index in [-0.39, 0.29) is 6.03 Å². The van der Waals surface area contributed by atoms with Gasteiger partial charge in [-0.1, -0.05) is 23.5 Å². The number of benzene rings is 2. The summed E-state index contributed by atoms with van der Waals surface area (Å²) >= 11 is 1.50. The molecule has 112 valence electrons. The van der Waals surface area contributed by atoms with Gasteiger partial charge in [-0.15, -0.1) is 0 Å². The lowest BCUT2D eigenvalue weighted by Gasteiger charge is -2.12. The molecule has 0 saturated heterocycles. The third-order valence-corrected chi connectivity index (χ3v) is 3.91. The largest absolute Gasteiger partial charge is 0.431 e. The predicted molar refractivity (Wildman–Crippen MR) is 88.8 cm³/mol. The van der Waals surface area contributed by atoms with Gasteiger partial charge in [-0.05, 0) is 36.4 Å². The van der Waals surface area contributed by atoms with Gasteiger partial charge in [0.1, 0.15) is 5.75 Å². The van der Waals surface area contributed by atoms with E-state index < -0.39 is 0 Å². The minimum Gasteiger partial charge on any atom is -0.431 e. The zero-order valence-electron chi connectivity index (χ0n) is 12.2. The van der Waals surface area contributed by atoms with Gasteiger partial charge in [-0.2, -0.15) is 0 Å². The Hall–Kier alpha value is -2.60. The Morgan fingerprint density at radius 1 is 1.14 bits per heavy atom. The van der Waals surface area contributed by atoms with Crippen LogP contribution in [0.15, 0.2) is 48.5 Å². The van der Waals surface area contributed by atoms with Crippen LogP contribution in [0.2, 0.25) is 0 Å². The monoisotopic (exact) mass is 313 g/mol. The van der Waals surface area contributed by atoms with E-state index in [1.54, 1.807) is 38.4 Å². The van der Waals surface area contributed by atoms with Gasteiger partial charge in [-0.3, -0.25) is 0 Å². The predicted octanol–water partition coefficient (Wildman–Crippen LogP) is 4.18. The summed E-state index contributed by atoms with van der Waals surface area (Å²) in [4.78, 5) is 17.5. The number of rotatable bonds is 3. The highest BCUT2D eigenvalue weighted by Crippen LogP contribution is 2.31. The molecule has 5 nitrogen and oxygen atoms in total. The van der Waals surface area contributed by atoms with E-state index in [1.807, 2.05) is 24.3 Å². The topological polar surface area (TPSA) is 54.5 Å². The normalized spacial score (nSPS) is 10.5. The Morgan fingerprint density at radius 2 is 1.86 bits per heavy atom. The Balaban J connectivity index is 1.71. The fourth-order valence-corrected chi connectivity index (χ4v) is 2.67. The van der Waals surface area contributed by atoms with Gasteiger partial charge in [0.2, 0.25) is 0 Å². The standard InChI is InChI=1S/C16H15N3O2S/c1-19(2)15(20)17-11-7-9-12(10-8-11)21-16-18-13-5-3-4-6-14(13)22-16/h3-10H,1-2H3,(H,17,20). The van der Waals surface area contributed by atoms with E-state index in [2.05, 4.69) is 10.3 Å². The summed E-state index contributed by atoms with van der Waals surface area (Å²) in [5, 5.41) is 3.38. The van der Waals surface area contributed by atoms with Gasteiger partial charge in [-0.25, -0.2) is 9.78 Å². The molecule has 1 aromatic heterocycles. The van der Waals surface area contributed by atoms with Crippen LogP contribution in [0.25, 0.3) is 10.2 Å². The molecule has 3 rings (SSSR count). The second-order valence-corrected chi connectivity index (χ2v) is 5.89. The van der Waals surface area contributed by atoms with Crippen LogP contribution in [0.5, 0.6) is 10.9 Å². The van der Waals surface area contributed by atoms with Crippen molar-refractivity contribution < 1.29 is 9.53 Å². The van der Waals surface area contributed by atoms with E-state index in [9.17, 15) is 4.79 Å².